The molecule has 0 amide bonds. The molecule has 0 spiro atoms. The number of esters is 1. The number of nitrogens with zero attached hydrogens (tertiary/aromatic N) is 5. The molecule has 3 heterocycles. The van der Waals surface area contributed by atoms with Gasteiger partial charge < -0.3 is 14.5 Å². The van der Waals surface area contributed by atoms with Crippen molar-refractivity contribution in [1.29, 1.82) is 0 Å². The first-order chi connectivity index (χ1) is 22.8. The van der Waals surface area contributed by atoms with E-state index >= 15 is 0 Å². The molecule has 3 atom stereocenters. The molecule has 9 nitrogen and oxygen atoms in total. The van der Waals surface area contributed by atoms with Gasteiger partial charge in [0.05, 0.1) is 30.0 Å². The zero-order valence-electron chi connectivity index (χ0n) is 27.2. The van der Waals surface area contributed by atoms with E-state index in [9.17, 15) is 17.6 Å². The SMILES string of the molecule is COC(=O)C[C@H]1CCC[C@@H]1[C@](Cn1ccnn1)(c1cccc(F)c1)C1CCN(CC2CN(c3ccc(S(=O)(=O)C4CC4)cc3)C2)CC1. The van der Waals surface area contributed by atoms with Crippen LogP contribution in [0.5, 0.6) is 0 Å². The third kappa shape index (κ3) is 6.57. The molecule has 11 heteroatoms. The minimum absolute atomic E-state index is 0.163. The Kier molecular flexibility index (Phi) is 9.13. The normalized spacial score (nSPS) is 24.2. The fourth-order valence-electron chi connectivity index (χ4n) is 9.02. The molecular weight excluding hydrogens is 617 g/mol. The van der Waals surface area contributed by atoms with E-state index in [0.29, 0.717) is 23.8 Å². The second-order valence-corrected chi connectivity index (χ2v) is 16.5. The molecule has 2 saturated heterocycles. The molecule has 0 bridgehead atoms. The number of halogens is 1. The van der Waals surface area contributed by atoms with E-state index in [2.05, 4.69) is 26.2 Å². The quantitative estimate of drug-likeness (QED) is 0.247. The summed E-state index contributed by atoms with van der Waals surface area (Å²) < 4.78 is 47.1. The van der Waals surface area contributed by atoms with Gasteiger partial charge in [-0.1, -0.05) is 23.8 Å². The minimum atomic E-state index is -3.16. The van der Waals surface area contributed by atoms with E-state index < -0.39 is 15.3 Å². The monoisotopic (exact) mass is 663 g/mol. The Balaban J connectivity index is 1.05. The highest BCUT2D eigenvalue weighted by Gasteiger charge is 2.52. The Bertz CT molecular complexity index is 1630. The molecule has 4 fully saturated rings. The summed E-state index contributed by atoms with van der Waals surface area (Å²) in [6, 6.07) is 14.6. The number of piperidine rings is 1. The molecule has 2 aliphatic heterocycles. The highest BCUT2D eigenvalue weighted by molar-refractivity contribution is 7.92. The van der Waals surface area contributed by atoms with Crippen LogP contribution < -0.4 is 4.90 Å². The van der Waals surface area contributed by atoms with Crippen molar-refractivity contribution in [3.63, 3.8) is 0 Å². The highest BCUT2D eigenvalue weighted by Crippen LogP contribution is 2.54. The van der Waals surface area contributed by atoms with Crippen molar-refractivity contribution in [2.45, 2.75) is 73.5 Å². The van der Waals surface area contributed by atoms with Crippen LogP contribution in [0.15, 0.2) is 65.8 Å². The first-order valence-electron chi connectivity index (χ1n) is 17.2. The van der Waals surface area contributed by atoms with Crippen LogP contribution in [0.4, 0.5) is 10.1 Å². The fourth-order valence-corrected chi connectivity index (χ4v) is 10.7. The lowest BCUT2D eigenvalue weighted by atomic mass is 9.57. The van der Waals surface area contributed by atoms with Crippen molar-refractivity contribution < 1.29 is 22.3 Å². The van der Waals surface area contributed by atoms with E-state index in [4.69, 9.17) is 4.74 Å². The average molecular weight is 664 g/mol. The third-order valence-electron chi connectivity index (χ3n) is 11.5. The number of carbonyl (C=O) groups is 1. The molecule has 0 N–H and O–H groups in total. The summed E-state index contributed by atoms with van der Waals surface area (Å²) in [5.41, 5.74) is 1.68. The number of rotatable bonds is 12. The Morgan fingerprint density at radius 1 is 1.02 bits per heavy atom. The minimum Gasteiger partial charge on any atom is -0.469 e. The number of sulfone groups is 1. The number of hydrogen-bond donors (Lipinski definition) is 0. The Labute approximate surface area is 277 Å². The van der Waals surface area contributed by atoms with Crippen LogP contribution in [0.2, 0.25) is 0 Å². The van der Waals surface area contributed by atoms with E-state index in [1.54, 1.807) is 24.4 Å². The second kappa shape index (κ2) is 13.3. The van der Waals surface area contributed by atoms with Gasteiger partial charge in [0.25, 0.3) is 0 Å². The Hall–Kier alpha value is -3.31. The highest BCUT2D eigenvalue weighted by atomic mass is 32.2. The largest absolute Gasteiger partial charge is 0.469 e. The molecule has 2 aliphatic carbocycles. The number of ether oxygens (including phenoxy) is 1. The summed E-state index contributed by atoms with van der Waals surface area (Å²) >= 11 is 0. The van der Waals surface area contributed by atoms with Gasteiger partial charge in [-0.3, -0.25) is 9.48 Å². The number of carbonyl (C=O) groups excluding carboxylic acids is 1. The first kappa shape index (κ1) is 32.2. The van der Waals surface area contributed by atoms with Crippen LogP contribution >= 0.6 is 0 Å². The lowest BCUT2D eigenvalue weighted by Gasteiger charge is -2.51. The van der Waals surface area contributed by atoms with Crippen molar-refractivity contribution in [3.8, 4) is 0 Å². The number of benzene rings is 2. The molecule has 252 valence electrons. The number of methoxy groups -OCH3 is 1. The van der Waals surface area contributed by atoms with E-state index in [1.165, 1.54) is 13.2 Å². The van der Waals surface area contributed by atoms with Crippen LogP contribution in [0.3, 0.4) is 0 Å². The molecule has 1 aromatic heterocycles. The average Bonchev–Trinajstić information content (AvgIpc) is 3.63. The van der Waals surface area contributed by atoms with Crippen molar-refractivity contribution in [1.82, 2.24) is 19.9 Å². The smallest absolute Gasteiger partial charge is 0.305 e. The lowest BCUT2D eigenvalue weighted by molar-refractivity contribution is -0.142. The van der Waals surface area contributed by atoms with Gasteiger partial charge in [0.2, 0.25) is 0 Å². The van der Waals surface area contributed by atoms with Gasteiger partial charge in [0.1, 0.15) is 5.82 Å². The summed E-state index contributed by atoms with van der Waals surface area (Å²) in [5.74, 6) is 0.782. The third-order valence-corrected chi connectivity index (χ3v) is 13.8. The zero-order valence-corrected chi connectivity index (χ0v) is 28.0. The molecule has 4 aliphatic rings. The maximum Gasteiger partial charge on any atom is 0.305 e. The predicted molar refractivity (Wildman–Crippen MR) is 177 cm³/mol. The van der Waals surface area contributed by atoms with Gasteiger partial charge in [-0.25, -0.2) is 12.8 Å². The topological polar surface area (TPSA) is 97.6 Å². The molecule has 0 radical (unpaired) electrons. The molecule has 2 saturated carbocycles. The number of anilines is 1. The molecule has 0 unspecified atom stereocenters. The molecule has 47 heavy (non-hydrogen) atoms. The van der Waals surface area contributed by atoms with Gasteiger partial charge in [0, 0.05) is 49.3 Å². The van der Waals surface area contributed by atoms with Crippen LogP contribution in [0, 0.1) is 29.5 Å². The summed E-state index contributed by atoms with van der Waals surface area (Å²) in [6.07, 6.45) is 10.5. The summed E-state index contributed by atoms with van der Waals surface area (Å²) in [4.78, 5) is 17.9. The van der Waals surface area contributed by atoms with Crippen molar-refractivity contribution in [2.75, 3.05) is 44.7 Å². The maximum absolute atomic E-state index is 15.0. The predicted octanol–water partition coefficient (Wildman–Crippen LogP) is 5.12. The van der Waals surface area contributed by atoms with Crippen molar-refractivity contribution in [3.05, 3.63) is 72.3 Å². The van der Waals surface area contributed by atoms with Gasteiger partial charge in [-0.05, 0) is 111 Å². The molecule has 7 rings (SSSR count). The van der Waals surface area contributed by atoms with Gasteiger partial charge in [-0.15, -0.1) is 5.10 Å². The maximum atomic E-state index is 15.0. The van der Waals surface area contributed by atoms with Gasteiger partial charge in [-0.2, -0.15) is 0 Å². The zero-order chi connectivity index (χ0) is 32.6. The fraction of sp³-hybridized carbons (Fsp3) is 0.583. The number of likely N-dealkylation sites (tertiary alicyclic amines) is 1. The number of hydrogen-bond acceptors (Lipinski definition) is 8. The molecule has 2 aromatic carbocycles. The van der Waals surface area contributed by atoms with Crippen LogP contribution in [-0.2, 0) is 31.3 Å². The van der Waals surface area contributed by atoms with Crippen LogP contribution in [-0.4, -0.2) is 79.4 Å². The summed E-state index contributed by atoms with van der Waals surface area (Å²) in [5, 5.41) is 8.31. The standard InChI is InChI=1S/C36H46FN5O4S/c1-46-35(43)20-27-4-2-7-34(27)36(25-42-19-16-38-39-42,29-5-3-6-30(37)21-29)28-14-17-40(18-15-28)22-26-23-41(24-26)31-8-10-32(11-9-31)47(44,45)33-12-13-33/h3,5-6,8-11,16,19,21,26-28,33-34H,2,4,7,12-15,17-18,20,22-25H2,1H3/t27-,34+,36+/m1/s1. The van der Waals surface area contributed by atoms with Gasteiger partial charge in [0.15, 0.2) is 9.84 Å². The first-order valence-corrected chi connectivity index (χ1v) is 18.8. The van der Waals surface area contributed by atoms with Gasteiger partial charge >= 0.3 is 5.97 Å². The lowest BCUT2D eigenvalue weighted by Crippen LogP contribution is -2.55. The van der Waals surface area contributed by atoms with Crippen LogP contribution in [0.25, 0.3) is 0 Å². The molecule has 3 aromatic rings. The van der Waals surface area contributed by atoms with Crippen molar-refractivity contribution >= 4 is 21.5 Å². The van der Waals surface area contributed by atoms with E-state index in [-0.39, 0.29) is 34.8 Å². The van der Waals surface area contributed by atoms with Crippen molar-refractivity contribution in [2.24, 2.45) is 23.7 Å². The van der Waals surface area contributed by atoms with E-state index in [1.807, 2.05) is 29.1 Å². The second-order valence-electron chi connectivity index (χ2n) is 14.3. The Morgan fingerprint density at radius 2 is 1.79 bits per heavy atom. The van der Waals surface area contributed by atoms with Crippen LogP contribution in [0.1, 0.15) is 56.9 Å². The van der Waals surface area contributed by atoms with E-state index in [0.717, 1.165) is 88.9 Å². The number of aromatic nitrogens is 3. The summed E-state index contributed by atoms with van der Waals surface area (Å²) in [6.45, 7) is 5.50. The Morgan fingerprint density at radius 3 is 2.45 bits per heavy atom. The summed E-state index contributed by atoms with van der Waals surface area (Å²) in [7, 11) is -1.71. The molecular formula is C36H46FN5O4S.